The molecule has 0 saturated carbocycles. The Morgan fingerprint density at radius 3 is 2.73 bits per heavy atom. The summed E-state index contributed by atoms with van der Waals surface area (Å²) in [5, 5.41) is 7.38. The number of carbonyl (C=O) groups is 1. The predicted octanol–water partition coefficient (Wildman–Crippen LogP) is 4.58. The lowest BCUT2D eigenvalue weighted by atomic mass is 9.75. The molecule has 1 aliphatic rings. The van der Waals surface area contributed by atoms with Crippen LogP contribution in [0.2, 0.25) is 0 Å². The number of aryl methyl sites for hydroxylation is 1. The highest BCUT2D eigenvalue weighted by Gasteiger charge is 2.36. The van der Waals surface area contributed by atoms with E-state index < -0.39 is 0 Å². The molecular weight excluding hydrogens is 378 g/mol. The van der Waals surface area contributed by atoms with Crippen molar-refractivity contribution in [3.05, 3.63) is 65.6 Å². The van der Waals surface area contributed by atoms with Gasteiger partial charge in [0.2, 0.25) is 0 Å². The van der Waals surface area contributed by atoms with E-state index >= 15 is 0 Å². The Balaban J connectivity index is 1.47. The number of fused-ring (bicyclic) bond motifs is 1. The monoisotopic (exact) mass is 407 g/mol. The fourth-order valence-corrected chi connectivity index (χ4v) is 4.21. The summed E-state index contributed by atoms with van der Waals surface area (Å²) in [7, 11) is 1.83. The maximum atomic E-state index is 13.1. The van der Waals surface area contributed by atoms with Crippen molar-refractivity contribution in [2.75, 3.05) is 7.05 Å². The third-order valence-corrected chi connectivity index (χ3v) is 5.99. The van der Waals surface area contributed by atoms with Crippen LogP contribution in [0.3, 0.4) is 0 Å². The van der Waals surface area contributed by atoms with Crippen molar-refractivity contribution < 1.29 is 9.21 Å². The van der Waals surface area contributed by atoms with E-state index in [0.717, 1.165) is 41.2 Å². The number of urea groups is 1. The van der Waals surface area contributed by atoms with Crippen molar-refractivity contribution in [3.8, 4) is 5.69 Å². The highest BCUT2D eigenvalue weighted by Crippen LogP contribution is 2.42. The summed E-state index contributed by atoms with van der Waals surface area (Å²) in [5.74, 6) is 1.89. The molecule has 30 heavy (non-hydrogen) atoms. The molecule has 2 atom stereocenters. The number of hydrogen-bond donors (Lipinski definition) is 1. The molecule has 2 aromatic heterocycles. The Bertz CT molecular complexity index is 1020. The lowest BCUT2D eigenvalue weighted by Crippen LogP contribution is -2.43. The first-order valence-electron chi connectivity index (χ1n) is 10.3. The molecular formula is C23H29N5O2. The number of hydrogen-bond acceptors (Lipinski definition) is 4. The Hall–Kier alpha value is -3.09. The van der Waals surface area contributed by atoms with E-state index in [1.54, 1.807) is 15.9 Å². The van der Waals surface area contributed by atoms with E-state index in [4.69, 9.17) is 4.42 Å². The lowest BCUT2D eigenvalue weighted by molar-refractivity contribution is 0.178. The third kappa shape index (κ3) is 3.97. The Morgan fingerprint density at radius 1 is 1.33 bits per heavy atom. The van der Waals surface area contributed by atoms with E-state index in [1.807, 2.05) is 45.2 Å². The van der Waals surface area contributed by atoms with E-state index in [-0.39, 0.29) is 23.5 Å². The minimum Gasteiger partial charge on any atom is -0.466 e. The third-order valence-electron chi connectivity index (χ3n) is 5.99. The zero-order valence-corrected chi connectivity index (χ0v) is 18.2. The van der Waals surface area contributed by atoms with Crippen molar-refractivity contribution in [2.24, 2.45) is 5.41 Å². The number of amides is 2. The molecule has 2 heterocycles. The highest BCUT2D eigenvalue weighted by molar-refractivity contribution is 5.75. The van der Waals surface area contributed by atoms with Gasteiger partial charge in [-0.3, -0.25) is 0 Å². The fraction of sp³-hybridized carbons (Fsp3) is 0.435. The number of benzene rings is 1. The van der Waals surface area contributed by atoms with Crippen LogP contribution in [0.5, 0.6) is 0 Å². The van der Waals surface area contributed by atoms with E-state index in [0.29, 0.717) is 0 Å². The number of rotatable bonds is 4. The topological polar surface area (TPSA) is 76.2 Å². The van der Waals surface area contributed by atoms with Crippen LogP contribution < -0.4 is 5.32 Å². The molecule has 0 fully saturated rings. The predicted molar refractivity (Wildman–Crippen MR) is 114 cm³/mol. The zero-order valence-electron chi connectivity index (χ0n) is 18.2. The summed E-state index contributed by atoms with van der Waals surface area (Å²) in [5.41, 5.74) is 3.18. The summed E-state index contributed by atoms with van der Waals surface area (Å²) in [4.78, 5) is 18.8. The largest absolute Gasteiger partial charge is 0.466 e. The quantitative estimate of drug-likeness (QED) is 0.687. The number of furan rings is 1. The van der Waals surface area contributed by atoms with Gasteiger partial charge in [-0.2, -0.15) is 5.10 Å². The van der Waals surface area contributed by atoms with Crippen LogP contribution in [-0.4, -0.2) is 32.7 Å². The SMILES string of the molecule is Cc1cc2c(o1)CC(C)(C)C[C@H]2NC(=O)N(C)[C@H](C)c1ccc(-n2cncn2)cc1. The average Bonchev–Trinajstić information content (AvgIpc) is 3.35. The van der Waals surface area contributed by atoms with E-state index in [9.17, 15) is 4.79 Å². The summed E-state index contributed by atoms with van der Waals surface area (Å²) >= 11 is 0. The lowest BCUT2D eigenvalue weighted by Gasteiger charge is -2.36. The molecule has 1 aliphatic carbocycles. The van der Waals surface area contributed by atoms with Crippen LogP contribution >= 0.6 is 0 Å². The van der Waals surface area contributed by atoms with Crippen LogP contribution in [0.1, 0.15) is 61.9 Å². The number of aromatic nitrogens is 3. The minimum atomic E-state index is -0.0876. The molecule has 7 nitrogen and oxygen atoms in total. The normalized spacial score (nSPS) is 18.5. The van der Waals surface area contributed by atoms with Gasteiger partial charge in [-0.05, 0) is 49.4 Å². The van der Waals surface area contributed by atoms with Crippen LogP contribution in [0.15, 0.2) is 47.4 Å². The molecule has 0 saturated heterocycles. The van der Waals surface area contributed by atoms with Gasteiger partial charge in [0.25, 0.3) is 0 Å². The molecule has 3 aromatic rings. The second-order valence-electron chi connectivity index (χ2n) is 9.00. The zero-order chi connectivity index (χ0) is 21.5. The van der Waals surface area contributed by atoms with Gasteiger partial charge in [0.15, 0.2) is 0 Å². The smallest absolute Gasteiger partial charge is 0.318 e. The van der Waals surface area contributed by atoms with Crippen molar-refractivity contribution in [1.82, 2.24) is 25.0 Å². The van der Waals surface area contributed by atoms with Gasteiger partial charge in [0.05, 0.1) is 17.8 Å². The fourth-order valence-electron chi connectivity index (χ4n) is 4.21. The van der Waals surface area contributed by atoms with Gasteiger partial charge in [0, 0.05) is 19.0 Å². The summed E-state index contributed by atoms with van der Waals surface area (Å²) < 4.78 is 7.60. The van der Waals surface area contributed by atoms with Crippen molar-refractivity contribution in [1.29, 1.82) is 0 Å². The second-order valence-corrected chi connectivity index (χ2v) is 9.00. The molecule has 158 valence electrons. The molecule has 0 aliphatic heterocycles. The van der Waals surface area contributed by atoms with Crippen LogP contribution in [0.4, 0.5) is 4.79 Å². The first-order chi connectivity index (χ1) is 14.2. The van der Waals surface area contributed by atoms with Gasteiger partial charge in [-0.15, -0.1) is 0 Å². The molecule has 0 bridgehead atoms. The molecule has 0 spiro atoms. The number of nitrogens with zero attached hydrogens (tertiary/aromatic N) is 4. The van der Waals surface area contributed by atoms with E-state index in [2.05, 4.69) is 35.3 Å². The summed E-state index contributed by atoms with van der Waals surface area (Å²) in [6.07, 6.45) is 4.95. The molecule has 2 amide bonds. The van der Waals surface area contributed by atoms with Gasteiger partial charge in [0.1, 0.15) is 24.2 Å². The number of carbonyl (C=O) groups excluding carboxylic acids is 1. The molecule has 1 N–H and O–H groups in total. The molecule has 4 rings (SSSR count). The van der Waals surface area contributed by atoms with Crippen LogP contribution in [0, 0.1) is 12.3 Å². The van der Waals surface area contributed by atoms with Crippen molar-refractivity contribution in [3.63, 3.8) is 0 Å². The molecule has 0 radical (unpaired) electrons. The van der Waals surface area contributed by atoms with Crippen LogP contribution in [-0.2, 0) is 6.42 Å². The maximum absolute atomic E-state index is 13.1. The van der Waals surface area contributed by atoms with E-state index in [1.165, 1.54) is 6.33 Å². The molecule has 7 heteroatoms. The first kappa shape index (κ1) is 20.2. The Kier molecular flexibility index (Phi) is 5.13. The summed E-state index contributed by atoms with van der Waals surface area (Å²) in [6.45, 7) is 8.43. The maximum Gasteiger partial charge on any atom is 0.318 e. The van der Waals surface area contributed by atoms with Crippen molar-refractivity contribution >= 4 is 6.03 Å². The standard InChI is InChI=1S/C23H29N5O2/c1-15-10-19-20(11-23(3,4)12-21(19)30-15)26-22(29)27(5)16(2)17-6-8-18(9-7-17)28-14-24-13-25-28/h6-10,13-14,16,20H,11-12H2,1-5H3,(H,26,29)/t16-,20-/m1/s1. The first-order valence-corrected chi connectivity index (χ1v) is 10.3. The van der Waals surface area contributed by atoms with Gasteiger partial charge in [-0.1, -0.05) is 26.0 Å². The Labute approximate surface area is 177 Å². The Morgan fingerprint density at radius 2 is 2.07 bits per heavy atom. The minimum absolute atomic E-state index is 0.0435. The van der Waals surface area contributed by atoms with Gasteiger partial charge in [-0.25, -0.2) is 14.5 Å². The molecule has 0 unspecified atom stereocenters. The van der Waals surface area contributed by atoms with Gasteiger partial charge >= 0.3 is 6.03 Å². The average molecular weight is 408 g/mol. The van der Waals surface area contributed by atoms with Gasteiger partial charge < -0.3 is 14.6 Å². The number of nitrogens with one attached hydrogen (secondary N) is 1. The highest BCUT2D eigenvalue weighted by atomic mass is 16.3. The molecule has 1 aromatic carbocycles. The summed E-state index contributed by atoms with van der Waals surface area (Å²) in [6, 6.07) is 9.86. The van der Waals surface area contributed by atoms with Crippen molar-refractivity contribution in [2.45, 2.75) is 52.6 Å². The second kappa shape index (κ2) is 7.63. The van der Waals surface area contributed by atoms with Crippen LogP contribution in [0.25, 0.3) is 5.69 Å².